The van der Waals surface area contributed by atoms with Gasteiger partial charge in [0, 0.05) is 24.8 Å². The van der Waals surface area contributed by atoms with Crippen molar-refractivity contribution in [3.05, 3.63) is 76.2 Å². The molecule has 1 aliphatic heterocycles. The number of ether oxygens (including phenoxy) is 1. The van der Waals surface area contributed by atoms with Gasteiger partial charge in [-0.2, -0.15) is 4.31 Å². The maximum Gasteiger partial charge on any atom is 0.267 e. The molecule has 3 aromatic rings. The summed E-state index contributed by atoms with van der Waals surface area (Å²) in [6.45, 7) is 1.21. The van der Waals surface area contributed by atoms with E-state index in [0.29, 0.717) is 24.5 Å². The third-order valence-electron chi connectivity index (χ3n) is 5.18. The van der Waals surface area contributed by atoms with E-state index in [1.54, 1.807) is 41.8 Å². The van der Waals surface area contributed by atoms with Crippen molar-refractivity contribution in [2.45, 2.75) is 30.8 Å². The van der Waals surface area contributed by atoms with Gasteiger partial charge >= 0.3 is 0 Å². The standard InChI is InChI=1S/C23H23FN2O4S2/c24-18-9-7-17(8-10-18)16-30-20-6-4-5-19(15-20)25-23(27)22-21(11-14-31-22)32(28,29)26-12-2-1-3-13-26/h4-11,14-15H,1-3,12-13,16H2,(H,25,27). The number of benzene rings is 2. The lowest BCUT2D eigenvalue weighted by Crippen LogP contribution is -2.36. The molecule has 4 rings (SSSR count). The first kappa shape index (κ1) is 22.4. The molecule has 1 aliphatic rings. The molecule has 1 amide bonds. The second-order valence-electron chi connectivity index (χ2n) is 7.48. The lowest BCUT2D eigenvalue weighted by Gasteiger charge is -2.25. The van der Waals surface area contributed by atoms with E-state index < -0.39 is 15.9 Å². The van der Waals surface area contributed by atoms with Gasteiger partial charge in [0.2, 0.25) is 10.0 Å². The number of hydrogen-bond donors (Lipinski definition) is 1. The van der Waals surface area contributed by atoms with E-state index >= 15 is 0 Å². The highest BCUT2D eigenvalue weighted by molar-refractivity contribution is 7.89. The largest absolute Gasteiger partial charge is 0.489 e. The van der Waals surface area contributed by atoms with Crippen LogP contribution >= 0.6 is 11.3 Å². The highest BCUT2D eigenvalue weighted by atomic mass is 32.2. The Kier molecular flexibility index (Phi) is 6.88. The van der Waals surface area contributed by atoms with Gasteiger partial charge in [-0.1, -0.05) is 24.6 Å². The molecule has 1 fully saturated rings. The Morgan fingerprint density at radius 3 is 2.56 bits per heavy atom. The number of amides is 1. The smallest absolute Gasteiger partial charge is 0.267 e. The molecule has 168 valence electrons. The Morgan fingerprint density at radius 1 is 1.06 bits per heavy atom. The predicted molar refractivity (Wildman–Crippen MR) is 122 cm³/mol. The first-order valence-electron chi connectivity index (χ1n) is 10.3. The zero-order chi connectivity index (χ0) is 22.6. The van der Waals surface area contributed by atoms with Crippen LogP contribution in [-0.2, 0) is 16.6 Å². The number of carbonyl (C=O) groups excluding carboxylic acids is 1. The second-order valence-corrected chi connectivity index (χ2v) is 10.3. The first-order valence-corrected chi connectivity index (χ1v) is 12.6. The van der Waals surface area contributed by atoms with Crippen LogP contribution in [0.1, 0.15) is 34.5 Å². The molecule has 2 heterocycles. The minimum atomic E-state index is -3.71. The number of halogens is 1. The summed E-state index contributed by atoms with van der Waals surface area (Å²) in [5.41, 5.74) is 1.30. The number of carbonyl (C=O) groups is 1. The molecule has 0 radical (unpaired) electrons. The monoisotopic (exact) mass is 474 g/mol. The van der Waals surface area contributed by atoms with Crippen molar-refractivity contribution in [1.29, 1.82) is 0 Å². The van der Waals surface area contributed by atoms with Gasteiger partial charge in [-0.15, -0.1) is 11.3 Å². The molecule has 0 spiro atoms. The third-order valence-corrected chi connectivity index (χ3v) is 8.16. The third kappa shape index (κ3) is 5.17. The number of hydrogen-bond acceptors (Lipinski definition) is 5. The average Bonchev–Trinajstić information content (AvgIpc) is 3.31. The predicted octanol–water partition coefficient (Wildman–Crippen LogP) is 4.89. The van der Waals surface area contributed by atoms with Gasteiger partial charge in [-0.05, 0) is 54.1 Å². The lowest BCUT2D eigenvalue weighted by molar-refractivity contribution is 0.102. The molecular formula is C23H23FN2O4S2. The molecule has 1 aromatic heterocycles. The molecule has 0 aliphatic carbocycles. The van der Waals surface area contributed by atoms with Crippen LogP contribution in [0, 0.1) is 5.82 Å². The molecule has 32 heavy (non-hydrogen) atoms. The molecule has 2 aromatic carbocycles. The second kappa shape index (κ2) is 9.81. The fourth-order valence-corrected chi connectivity index (χ4v) is 6.32. The van der Waals surface area contributed by atoms with E-state index in [1.807, 2.05) is 0 Å². The number of piperidine rings is 1. The summed E-state index contributed by atoms with van der Waals surface area (Å²) in [5.74, 6) is -0.264. The van der Waals surface area contributed by atoms with E-state index in [4.69, 9.17) is 4.74 Å². The van der Waals surface area contributed by atoms with Crippen molar-refractivity contribution >= 4 is 33.0 Å². The number of thiophene rings is 1. The maximum atomic E-state index is 13.0. The van der Waals surface area contributed by atoms with Crippen LogP contribution in [0.2, 0.25) is 0 Å². The van der Waals surface area contributed by atoms with Gasteiger partial charge < -0.3 is 10.1 Å². The summed E-state index contributed by atoms with van der Waals surface area (Å²) in [6.07, 6.45) is 2.67. The van der Waals surface area contributed by atoms with E-state index in [-0.39, 0.29) is 22.2 Å². The Morgan fingerprint density at radius 2 is 1.81 bits per heavy atom. The molecule has 0 atom stereocenters. The van der Waals surface area contributed by atoms with Gasteiger partial charge in [0.25, 0.3) is 5.91 Å². The fourth-order valence-electron chi connectivity index (χ4n) is 3.51. The Hall–Kier alpha value is -2.75. The van der Waals surface area contributed by atoms with E-state index in [2.05, 4.69) is 5.32 Å². The SMILES string of the molecule is O=C(Nc1cccc(OCc2ccc(F)cc2)c1)c1sccc1S(=O)(=O)N1CCCCC1. The van der Waals surface area contributed by atoms with Crippen molar-refractivity contribution in [2.24, 2.45) is 0 Å². The summed E-state index contributed by atoms with van der Waals surface area (Å²) >= 11 is 1.10. The lowest BCUT2D eigenvalue weighted by atomic mass is 10.2. The van der Waals surface area contributed by atoms with Crippen molar-refractivity contribution in [3.63, 3.8) is 0 Å². The molecular weight excluding hydrogens is 451 g/mol. The number of nitrogens with one attached hydrogen (secondary N) is 1. The number of rotatable bonds is 7. The van der Waals surface area contributed by atoms with Crippen LogP contribution in [0.25, 0.3) is 0 Å². The topological polar surface area (TPSA) is 75.7 Å². The molecule has 1 N–H and O–H groups in total. The van der Waals surface area contributed by atoms with Crippen molar-refractivity contribution in [2.75, 3.05) is 18.4 Å². The Balaban J connectivity index is 1.45. The minimum Gasteiger partial charge on any atom is -0.489 e. The number of anilines is 1. The molecule has 0 saturated carbocycles. The zero-order valence-corrected chi connectivity index (χ0v) is 18.9. The highest BCUT2D eigenvalue weighted by Crippen LogP contribution is 2.28. The molecule has 1 saturated heterocycles. The van der Waals surface area contributed by atoms with Crippen LogP contribution in [0.15, 0.2) is 64.9 Å². The maximum absolute atomic E-state index is 13.0. The van der Waals surface area contributed by atoms with Crippen LogP contribution in [0.5, 0.6) is 5.75 Å². The molecule has 0 bridgehead atoms. The zero-order valence-electron chi connectivity index (χ0n) is 17.3. The minimum absolute atomic E-state index is 0.0469. The Labute approximate surface area is 190 Å². The average molecular weight is 475 g/mol. The summed E-state index contributed by atoms with van der Waals surface area (Å²) in [7, 11) is -3.71. The van der Waals surface area contributed by atoms with Gasteiger partial charge in [0.1, 0.15) is 27.9 Å². The van der Waals surface area contributed by atoms with Gasteiger partial charge in [0.05, 0.1) is 0 Å². The van der Waals surface area contributed by atoms with Crippen molar-refractivity contribution in [1.82, 2.24) is 4.31 Å². The van der Waals surface area contributed by atoms with Crippen molar-refractivity contribution < 1.29 is 22.3 Å². The van der Waals surface area contributed by atoms with Gasteiger partial charge in [-0.3, -0.25) is 4.79 Å². The first-order chi connectivity index (χ1) is 15.4. The fraction of sp³-hybridized carbons (Fsp3) is 0.261. The van der Waals surface area contributed by atoms with Crippen LogP contribution in [-0.4, -0.2) is 31.7 Å². The molecule has 0 unspecified atom stereocenters. The van der Waals surface area contributed by atoms with Crippen LogP contribution in [0.4, 0.5) is 10.1 Å². The van der Waals surface area contributed by atoms with E-state index in [9.17, 15) is 17.6 Å². The Bertz CT molecular complexity index is 1190. The number of nitrogens with zero attached hydrogens (tertiary/aromatic N) is 1. The van der Waals surface area contributed by atoms with Crippen LogP contribution in [0.3, 0.4) is 0 Å². The molecule has 9 heteroatoms. The summed E-state index contributed by atoms with van der Waals surface area (Å²) in [6, 6.07) is 14.3. The van der Waals surface area contributed by atoms with E-state index in [0.717, 1.165) is 36.2 Å². The summed E-state index contributed by atoms with van der Waals surface area (Å²) in [4.78, 5) is 13.1. The van der Waals surface area contributed by atoms with Crippen molar-refractivity contribution in [3.8, 4) is 5.75 Å². The quantitative estimate of drug-likeness (QED) is 0.529. The molecule has 6 nitrogen and oxygen atoms in total. The van der Waals surface area contributed by atoms with E-state index in [1.165, 1.54) is 22.5 Å². The van der Waals surface area contributed by atoms with Gasteiger partial charge in [-0.25, -0.2) is 12.8 Å². The summed E-state index contributed by atoms with van der Waals surface area (Å²) in [5, 5.41) is 4.38. The van der Waals surface area contributed by atoms with Crippen LogP contribution < -0.4 is 10.1 Å². The normalized spacial score (nSPS) is 14.8. The summed E-state index contributed by atoms with van der Waals surface area (Å²) < 4.78 is 46.3. The highest BCUT2D eigenvalue weighted by Gasteiger charge is 2.31. The number of sulfonamides is 1. The van der Waals surface area contributed by atoms with Gasteiger partial charge in [0.15, 0.2) is 0 Å².